The summed E-state index contributed by atoms with van der Waals surface area (Å²) in [4.78, 5) is 0. The van der Waals surface area contributed by atoms with Crippen LogP contribution in [-0.2, 0) is 7.05 Å². The molecule has 1 N–H and O–H groups in total. The SMILES string of the molecule is CCNC1CC(Oc2cnn(C)c2)C12CCCC2. The van der Waals surface area contributed by atoms with Crippen LogP contribution in [0.4, 0.5) is 0 Å². The monoisotopic (exact) mass is 249 g/mol. The van der Waals surface area contributed by atoms with Gasteiger partial charge in [0.15, 0.2) is 5.75 Å². The Balaban J connectivity index is 1.70. The van der Waals surface area contributed by atoms with Crippen LogP contribution in [0.5, 0.6) is 5.75 Å². The minimum Gasteiger partial charge on any atom is -0.486 e. The fourth-order valence-corrected chi connectivity index (χ4v) is 3.77. The number of nitrogens with zero attached hydrogens (tertiary/aromatic N) is 2. The molecule has 0 aromatic carbocycles. The van der Waals surface area contributed by atoms with Gasteiger partial charge in [0.1, 0.15) is 6.10 Å². The van der Waals surface area contributed by atoms with Gasteiger partial charge in [0, 0.05) is 24.9 Å². The van der Waals surface area contributed by atoms with E-state index in [0.717, 1.165) is 18.7 Å². The van der Waals surface area contributed by atoms with E-state index in [1.54, 1.807) is 4.68 Å². The molecule has 4 heteroatoms. The summed E-state index contributed by atoms with van der Waals surface area (Å²) in [6.07, 6.45) is 10.7. The van der Waals surface area contributed by atoms with E-state index in [-0.39, 0.29) is 0 Å². The van der Waals surface area contributed by atoms with Gasteiger partial charge >= 0.3 is 0 Å². The van der Waals surface area contributed by atoms with E-state index < -0.39 is 0 Å². The van der Waals surface area contributed by atoms with Crippen molar-refractivity contribution in [1.29, 1.82) is 0 Å². The molecule has 2 unspecified atom stereocenters. The first kappa shape index (κ1) is 12.0. The molecular weight excluding hydrogens is 226 g/mol. The van der Waals surface area contributed by atoms with Crippen LogP contribution in [0.25, 0.3) is 0 Å². The Hall–Kier alpha value is -1.03. The van der Waals surface area contributed by atoms with E-state index in [1.165, 1.54) is 25.7 Å². The summed E-state index contributed by atoms with van der Waals surface area (Å²) in [5.41, 5.74) is 0.395. The first-order valence-electron chi connectivity index (χ1n) is 7.13. The minimum absolute atomic E-state index is 0.383. The quantitative estimate of drug-likeness (QED) is 0.888. The zero-order valence-corrected chi connectivity index (χ0v) is 11.4. The second-order valence-corrected chi connectivity index (χ2v) is 5.74. The van der Waals surface area contributed by atoms with Crippen molar-refractivity contribution >= 4 is 0 Å². The van der Waals surface area contributed by atoms with Crippen LogP contribution in [0.1, 0.15) is 39.0 Å². The van der Waals surface area contributed by atoms with Crippen molar-refractivity contribution in [3.63, 3.8) is 0 Å². The number of ether oxygens (including phenoxy) is 1. The van der Waals surface area contributed by atoms with E-state index >= 15 is 0 Å². The number of hydrogen-bond donors (Lipinski definition) is 1. The Morgan fingerprint density at radius 2 is 2.28 bits per heavy atom. The standard InChI is InChI=1S/C14H23N3O/c1-3-15-12-8-13(14(12)6-4-5-7-14)18-11-9-16-17(2)10-11/h9-10,12-13,15H,3-8H2,1-2H3. The van der Waals surface area contributed by atoms with Gasteiger partial charge in [-0.05, 0) is 19.4 Å². The van der Waals surface area contributed by atoms with Crippen LogP contribution in [0, 0.1) is 5.41 Å². The van der Waals surface area contributed by atoms with Gasteiger partial charge in [-0.25, -0.2) is 0 Å². The fourth-order valence-electron chi connectivity index (χ4n) is 3.77. The van der Waals surface area contributed by atoms with Crippen LogP contribution in [-0.4, -0.2) is 28.5 Å². The summed E-state index contributed by atoms with van der Waals surface area (Å²) < 4.78 is 7.96. The molecule has 2 aliphatic carbocycles. The van der Waals surface area contributed by atoms with Gasteiger partial charge in [-0.2, -0.15) is 5.10 Å². The Kier molecular flexibility index (Phi) is 3.06. The highest BCUT2D eigenvalue weighted by atomic mass is 16.5. The van der Waals surface area contributed by atoms with Crippen LogP contribution < -0.4 is 10.1 Å². The maximum absolute atomic E-state index is 6.16. The fraction of sp³-hybridized carbons (Fsp3) is 0.786. The smallest absolute Gasteiger partial charge is 0.157 e. The lowest BCUT2D eigenvalue weighted by Gasteiger charge is -2.53. The van der Waals surface area contributed by atoms with Crippen LogP contribution in [0.2, 0.25) is 0 Å². The predicted octanol–water partition coefficient (Wildman–Crippen LogP) is 2.11. The molecule has 1 aromatic heterocycles. The Bertz CT molecular complexity index is 409. The molecule has 0 aliphatic heterocycles. The molecule has 18 heavy (non-hydrogen) atoms. The first-order valence-corrected chi connectivity index (χ1v) is 7.13. The van der Waals surface area contributed by atoms with Crippen molar-refractivity contribution in [2.24, 2.45) is 12.5 Å². The number of rotatable bonds is 4. The third-order valence-corrected chi connectivity index (χ3v) is 4.73. The number of nitrogens with one attached hydrogen (secondary N) is 1. The highest BCUT2D eigenvalue weighted by Gasteiger charge is 2.57. The summed E-state index contributed by atoms with van der Waals surface area (Å²) in [6.45, 7) is 3.25. The predicted molar refractivity (Wildman–Crippen MR) is 70.6 cm³/mol. The minimum atomic E-state index is 0.383. The van der Waals surface area contributed by atoms with Crippen molar-refractivity contribution in [3.8, 4) is 5.75 Å². The van der Waals surface area contributed by atoms with E-state index in [2.05, 4.69) is 17.3 Å². The molecule has 1 aromatic rings. The number of hydrogen-bond acceptors (Lipinski definition) is 3. The lowest BCUT2D eigenvalue weighted by atomic mass is 9.60. The molecule has 100 valence electrons. The molecule has 1 heterocycles. The third kappa shape index (κ3) is 1.83. The lowest BCUT2D eigenvalue weighted by molar-refractivity contribution is -0.0755. The molecule has 3 rings (SSSR count). The molecule has 2 atom stereocenters. The largest absolute Gasteiger partial charge is 0.486 e. The molecule has 1 spiro atoms. The summed E-state index contributed by atoms with van der Waals surface area (Å²) in [6, 6.07) is 0.659. The third-order valence-electron chi connectivity index (χ3n) is 4.73. The number of aromatic nitrogens is 2. The van der Waals surface area contributed by atoms with Crippen LogP contribution >= 0.6 is 0 Å². The number of aryl methyl sites for hydroxylation is 1. The van der Waals surface area contributed by atoms with Crippen molar-refractivity contribution in [3.05, 3.63) is 12.4 Å². The van der Waals surface area contributed by atoms with Gasteiger partial charge in [-0.15, -0.1) is 0 Å². The lowest BCUT2D eigenvalue weighted by Crippen LogP contribution is -2.63. The Labute approximate surface area is 109 Å². The van der Waals surface area contributed by atoms with Crippen LogP contribution in [0.3, 0.4) is 0 Å². The van der Waals surface area contributed by atoms with Gasteiger partial charge in [0.2, 0.25) is 0 Å². The molecule has 4 nitrogen and oxygen atoms in total. The second kappa shape index (κ2) is 4.57. The average molecular weight is 249 g/mol. The zero-order valence-electron chi connectivity index (χ0n) is 11.4. The van der Waals surface area contributed by atoms with Crippen molar-refractivity contribution in [2.75, 3.05) is 6.54 Å². The topological polar surface area (TPSA) is 39.1 Å². The molecule has 2 aliphatic rings. The van der Waals surface area contributed by atoms with Crippen molar-refractivity contribution < 1.29 is 4.74 Å². The maximum atomic E-state index is 6.16. The Morgan fingerprint density at radius 1 is 1.50 bits per heavy atom. The maximum Gasteiger partial charge on any atom is 0.157 e. The normalized spacial score (nSPS) is 29.4. The van der Waals surface area contributed by atoms with Crippen LogP contribution in [0.15, 0.2) is 12.4 Å². The summed E-state index contributed by atoms with van der Waals surface area (Å²) in [5.74, 6) is 0.920. The highest BCUT2D eigenvalue weighted by Crippen LogP contribution is 2.54. The van der Waals surface area contributed by atoms with Gasteiger partial charge < -0.3 is 10.1 Å². The molecule has 2 fully saturated rings. The van der Waals surface area contributed by atoms with Gasteiger partial charge in [-0.3, -0.25) is 4.68 Å². The molecule has 0 saturated heterocycles. The van der Waals surface area contributed by atoms with E-state index in [9.17, 15) is 0 Å². The van der Waals surface area contributed by atoms with E-state index in [0.29, 0.717) is 17.6 Å². The molecule has 0 amide bonds. The zero-order chi connectivity index (χ0) is 12.6. The molecule has 2 saturated carbocycles. The molecular formula is C14H23N3O. The average Bonchev–Trinajstić information content (AvgIpc) is 2.98. The second-order valence-electron chi connectivity index (χ2n) is 5.74. The summed E-state index contributed by atoms with van der Waals surface area (Å²) >= 11 is 0. The van der Waals surface area contributed by atoms with Crippen molar-refractivity contribution in [1.82, 2.24) is 15.1 Å². The van der Waals surface area contributed by atoms with Gasteiger partial charge in [0.05, 0.1) is 12.4 Å². The van der Waals surface area contributed by atoms with E-state index in [4.69, 9.17) is 4.74 Å². The van der Waals surface area contributed by atoms with E-state index in [1.807, 2.05) is 19.4 Å². The Morgan fingerprint density at radius 3 is 2.89 bits per heavy atom. The molecule has 0 bridgehead atoms. The van der Waals surface area contributed by atoms with Crippen molar-refractivity contribution in [2.45, 2.75) is 51.2 Å². The van der Waals surface area contributed by atoms with Gasteiger partial charge in [0.25, 0.3) is 0 Å². The summed E-state index contributed by atoms with van der Waals surface area (Å²) in [7, 11) is 1.93. The first-order chi connectivity index (χ1) is 8.74. The molecule has 0 radical (unpaired) electrons. The summed E-state index contributed by atoms with van der Waals surface area (Å²) in [5, 5.41) is 7.81. The van der Waals surface area contributed by atoms with Gasteiger partial charge in [-0.1, -0.05) is 19.8 Å². The highest BCUT2D eigenvalue weighted by molar-refractivity contribution is 5.17.